The summed E-state index contributed by atoms with van der Waals surface area (Å²) in [4.78, 5) is 51.3. The van der Waals surface area contributed by atoms with E-state index in [9.17, 15) is 19.2 Å². The Morgan fingerprint density at radius 1 is 0.775 bits per heavy atom. The molecule has 0 fully saturated rings. The number of amides is 1. The van der Waals surface area contributed by atoms with Crippen LogP contribution in [0, 0.1) is 5.92 Å². The molecule has 3 aromatic carbocycles. The van der Waals surface area contributed by atoms with Crippen LogP contribution in [-0.2, 0) is 40.0 Å². The summed E-state index contributed by atoms with van der Waals surface area (Å²) in [7, 11) is 0. The van der Waals surface area contributed by atoms with Crippen LogP contribution in [0.15, 0.2) is 77.7 Å². The summed E-state index contributed by atoms with van der Waals surface area (Å²) in [5.74, 6) is -1.57. The van der Waals surface area contributed by atoms with Gasteiger partial charge in [0.1, 0.15) is 19.8 Å². The van der Waals surface area contributed by atoms with Gasteiger partial charge in [-0.15, -0.1) is 11.8 Å². The number of benzene rings is 3. The molecular formula is C31H35NO7S. The molecule has 9 heteroatoms. The molecule has 0 aliphatic rings. The molecule has 0 bridgehead atoms. The van der Waals surface area contributed by atoms with Crippen molar-refractivity contribution in [2.24, 2.45) is 5.92 Å². The lowest BCUT2D eigenvalue weighted by Gasteiger charge is -2.27. The normalized spacial score (nSPS) is 11.4. The summed E-state index contributed by atoms with van der Waals surface area (Å²) in [5, 5.41) is 2.23. The van der Waals surface area contributed by atoms with Crippen LogP contribution in [0.5, 0.6) is 0 Å². The summed E-state index contributed by atoms with van der Waals surface area (Å²) < 4.78 is 15.5. The molecule has 1 amide bonds. The molecule has 0 saturated heterocycles. The average Bonchev–Trinajstić information content (AvgIpc) is 2.95. The van der Waals surface area contributed by atoms with E-state index in [1.807, 2.05) is 66.7 Å². The number of hydrogen-bond acceptors (Lipinski definition) is 8. The standard InChI is InChI=1S/C31H35NO7S/c1-23(33)37-18-16-32(17-19-38-24(2)34)31(36)28(13-15-30(35)39-21-25-8-4-3-5-9-25)22-40-29-14-12-26-10-6-7-11-27(26)20-29/h3-12,14,20,28H,13,15-19,21-22H2,1-2H3. The van der Waals surface area contributed by atoms with Crippen LogP contribution in [0.2, 0.25) is 0 Å². The molecule has 1 unspecified atom stereocenters. The summed E-state index contributed by atoms with van der Waals surface area (Å²) in [6.07, 6.45) is 0.355. The first-order valence-corrected chi connectivity index (χ1v) is 14.2. The Morgan fingerprint density at radius 3 is 2.05 bits per heavy atom. The predicted octanol–water partition coefficient (Wildman–Crippen LogP) is 5.03. The minimum absolute atomic E-state index is 0.0187. The molecule has 0 aliphatic heterocycles. The summed E-state index contributed by atoms with van der Waals surface area (Å²) >= 11 is 1.54. The fraction of sp³-hybridized carbons (Fsp3) is 0.355. The van der Waals surface area contributed by atoms with Crippen molar-refractivity contribution >= 4 is 46.3 Å². The Kier molecular flexibility index (Phi) is 12.5. The van der Waals surface area contributed by atoms with Crippen molar-refractivity contribution in [3.63, 3.8) is 0 Å². The second-order valence-corrected chi connectivity index (χ2v) is 10.3. The number of esters is 3. The Morgan fingerprint density at radius 2 is 1.40 bits per heavy atom. The SMILES string of the molecule is CC(=O)OCCN(CCOC(C)=O)C(=O)C(CCC(=O)OCc1ccccc1)CSc1ccc2ccccc2c1. The largest absolute Gasteiger partial charge is 0.464 e. The highest BCUT2D eigenvalue weighted by Gasteiger charge is 2.26. The van der Waals surface area contributed by atoms with Gasteiger partial charge < -0.3 is 19.1 Å². The first-order valence-electron chi connectivity index (χ1n) is 13.2. The number of hydrogen-bond donors (Lipinski definition) is 0. The molecule has 0 saturated carbocycles. The Bertz CT molecular complexity index is 1260. The number of rotatable bonds is 15. The maximum Gasteiger partial charge on any atom is 0.306 e. The van der Waals surface area contributed by atoms with Crippen molar-refractivity contribution in [3.8, 4) is 0 Å². The van der Waals surface area contributed by atoms with Crippen molar-refractivity contribution in [2.75, 3.05) is 32.1 Å². The van der Waals surface area contributed by atoms with Gasteiger partial charge in [-0.05, 0) is 34.9 Å². The van der Waals surface area contributed by atoms with E-state index in [1.165, 1.54) is 30.5 Å². The van der Waals surface area contributed by atoms with Gasteiger partial charge in [0.2, 0.25) is 5.91 Å². The fourth-order valence-electron chi connectivity index (χ4n) is 4.02. The molecular weight excluding hydrogens is 530 g/mol. The smallest absolute Gasteiger partial charge is 0.306 e. The average molecular weight is 566 g/mol. The first kappa shape index (κ1) is 30.7. The summed E-state index contributed by atoms with van der Waals surface area (Å²) in [6, 6.07) is 23.6. The number of ether oxygens (including phenoxy) is 3. The molecule has 0 heterocycles. The molecule has 3 aromatic rings. The van der Waals surface area contributed by atoms with Crippen molar-refractivity contribution in [3.05, 3.63) is 78.4 Å². The second kappa shape index (κ2) is 16.3. The zero-order chi connectivity index (χ0) is 28.7. The first-order chi connectivity index (χ1) is 19.3. The minimum Gasteiger partial charge on any atom is -0.464 e. The van der Waals surface area contributed by atoms with Gasteiger partial charge in [-0.3, -0.25) is 19.2 Å². The number of fused-ring (bicyclic) bond motifs is 1. The molecule has 0 N–H and O–H groups in total. The highest BCUT2D eigenvalue weighted by molar-refractivity contribution is 7.99. The van der Waals surface area contributed by atoms with Crippen LogP contribution in [0.25, 0.3) is 10.8 Å². The highest BCUT2D eigenvalue weighted by Crippen LogP contribution is 2.27. The molecule has 0 aromatic heterocycles. The number of carbonyl (C=O) groups is 4. The van der Waals surface area contributed by atoms with Crippen molar-refractivity contribution in [1.82, 2.24) is 4.90 Å². The second-order valence-electron chi connectivity index (χ2n) is 9.21. The maximum atomic E-state index is 13.7. The van der Waals surface area contributed by atoms with E-state index in [4.69, 9.17) is 14.2 Å². The van der Waals surface area contributed by atoms with Crippen molar-refractivity contribution < 1.29 is 33.4 Å². The van der Waals surface area contributed by atoms with Gasteiger partial charge in [-0.1, -0.05) is 60.7 Å². The quantitative estimate of drug-likeness (QED) is 0.144. The molecule has 0 spiro atoms. The van der Waals surface area contributed by atoms with Gasteiger partial charge in [0.25, 0.3) is 0 Å². The van der Waals surface area contributed by atoms with E-state index in [-0.39, 0.29) is 57.6 Å². The minimum atomic E-state index is -0.518. The molecule has 212 valence electrons. The third kappa shape index (κ3) is 10.7. The van der Waals surface area contributed by atoms with Gasteiger partial charge in [0, 0.05) is 36.8 Å². The topological polar surface area (TPSA) is 99.2 Å². The van der Waals surface area contributed by atoms with E-state index < -0.39 is 17.9 Å². The number of nitrogens with zero attached hydrogens (tertiary/aromatic N) is 1. The van der Waals surface area contributed by atoms with Crippen LogP contribution in [-0.4, -0.2) is 60.8 Å². The lowest BCUT2D eigenvalue weighted by atomic mass is 10.0. The molecule has 0 aliphatic carbocycles. The third-order valence-electron chi connectivity index (χ3n) is 6.11. The maximum absolute atomic E-state index is 13.7. The monoisotopic (exact) mass is 565 g/mol. The lowest BCUT2D eigenvalue weighted by molar-refractivity contribution is -0.148. The van der Waals surface area contributed by atoms with Crippen molar-refractivity contribution in [1.29, 1.82) is 0 Å². The zero-order valence-corrected chi connectivity index (χ0v) is 23.7. The zero-order valence-electron chi connectivity index (χ0n) is 22.9. The molecule has 1 atom stereocenters. The van der Waals surface area contributed by atoms with Gasteiger partial charge in [-0.2, -0.15) is 0 Å². The van der Waals surface area contributed by atoms with Crippen LogP contribution in [0.3, 0.4) is 0 Å². The third-order valence-corrected chi connectivity index (χ3v) is 7.26. The Labute approximate surface area is 239 Å². The van der Waals surface area contributed by atoms with Gasteiger partial charge in [0.05, 0.1) is 13.1 Å². The van der Waals surface area contributed by atoms with Gasteiger partial charge in [-0.25, -0.2) is 0 Å². The van der Waals surface area contributed by atoms with E-state index in [0.717, 1.165) is 21.2 Å². The van der Waals surface area contributed by atoms with E-state index in [0.29, 0.717) is 5.75 Å². The van der Waals surface area contributed by atoms with Crippen LogP contribution in [0.4, 0.5) is 0 Å². The van der Waals surface area contributed by atoms with Gasteiger partial charge in [0.15, 0.2) is 0 Å². The van der Waals surface area contributed by atoms with Crippen molar-refractivity contribution in [2.45, 2.75) is 38.2 Å². The van der Waals surface area contributed by atoms with Crippen LogP contribution < -0.4 is 0 Å². The number of carbonyl (C=O) groups excluding carboxylic acids is 4. The fourth-order valence-corrected chi connectivity index (χ4v) is 5.10. The van der Waals surface area contributed by atoms with Gasteiger partial charge >= 0.3 is 17.9 Å². The molecule has 3 rings (SSSR count). The Balaban J connectivity index is 1.69. The van der Waals surface area contributed by atoms with Crippen LogP contribution in [0.1, 0.15) is 32.3 Å². The number of thioether (sulfide) groups is 1. The van der Waals surface area contributed by atoms with E-state index in [1.54, 1.807) is 0 Å². The highest BCUT2D eigenvalue weighted by atomic mass is 32.2. The summed E-state index contributed by atoms with van der Waals surface area (Å²) in [5.41, 5.74) is 0.887. The van der Waals surface area contributed by atoms with Crippen LogP contribution >= 0.6 is 11.8 Å². The van der Waals surface area contributed by atoms with E-state index >= 15 is 0 Å². The molecule has 8 nitrogen and oxygen atoms in total. The molecule has 0 radical (unpaired) electrons. The lowest BCUT2D eigenvalue weighted by Crippen LogP contribution is -2.41. The van der Waals surface area contributed by atoms with E-state index in [2.05, 4.69) is 6.07 Å². The Hall–Kier alpha value is -3.85. The molecule has 40 heavy (non-hydrogen) atoms. The predicted molar refractivity (Wildman–Crippen MR) is 153 cm³/mol. The summed E-state index contributed by atoms with van der Waals surface area (Å²) in [6.45, 7) is 3.10.